The van der Waals surface area contributed by atoms with Gasteiger partial charge in [-0.1, -0.05) is 6.42 Å². The van der Waals surface area contributed by atoms with Crippen molar-refractivity contribution < 1.29 is 9.47 Å². The highest BCUT2D eigenvalue weighted by molar-refractivity contribution is 5.36. The van der Waals surface area contributed by atoms with Crippen molar-refractivity contribution in [2.45, 2.75) is 37.9 Å². The first-order valence-electron chi connectivity index (χ1n) is 9.57. The molecule has 2 N–H and O–H groups in total. The van der Waals surface area contributed by atoms with Gasteiger partial charge in [-0.2, -0.15) is 5.10 Å². The second kappa shape index (κ2) is 8.20. The molecule has 3 unspecified atom stereocenters. The third kappa shape index (κ3) is 3.92. The van der Waals surface area contributed by atoms with Crippen LogP contribution in [0.2, 0.25) is 0 Å². The Morgan fingerprint density at radius 3 is 2.92 bits per heavy atom. The maximum Gasteiger partial charge on any atom is 0.119 e. The van der Waals surface area contributed by atoms with E-state index in [-0.39, 0.29) is 0 Å². The summed E-state index contributed by atoms with van der Waals surface area (Å²) in [5.41, 5.74) is 2.11. The third-order valence-corrected chi connectivity index (χ3v) is 5.56. The van der Waals surface area contributed by atoms with Crippen LogP contribution < -0.4 is 15.4 Å². The quantitative estimate of drug-likeness (QED) is 0.830. The lowest BCUT2D eigenvalue weighted by molar-refractivity contribution is 0.0524. The lowest BCUT2D eigenvalue weighted by Gasteiger charge is -2.32. The summed E-state index contributed by atoms with van der Waals surface area (Å²) in [5.74, 6) is 1.51. The van der Waals surface area contributed by atoms with E-state index in [1.807, 2.05) is 35.1 Å². The van der Waals surface area contributed by atoms with E-state index in [1.165, 1.54) is 19.3 Å². The predicted octanol–water partition coefficient (Wildman–Crippen LogP) is 2.13. The monoisotopic (exact) mass is 356 g/mol. The van der Waals surface area contributed by atoms with Gasteiger partial charge in [0.05, 0.1) is 31.7 Å². The van der Waals surface area contributed by atoms with E-state index in [0.29, 0.717) is 18.0 Å². The Hall–Kier alpha value is -1.89. The maximum absolute atomic E-state index is 5.66. The smallest absolute Gasteiger partial charge is 0.119 e. The molecular weight excluding hydrogens is 328 g/mol. The summed E-state index contributed by atoms with van der Waals surface area (Å²) in [6.45, 7) is 3.46. The lowest BCUT2D eigenvalue weighted by atomic mass is 9.94. The molecule has 6 nitrogen and oxygen atoms in total. The zero-order valence-corrected chi connectivity index (χ0v) is 15.4. The number of methoxy groups -OCH3 is 1. The second-order valence-corrected chi connectivity index (χ2v) is 7.17. The van der Waals surface area contributed by atoms with Gasteiger partial charge in [0.25, 0.3) is 0 Å². The molecular formula is C20H28N4O2. The first-order valence-corrected chi connectivity index (χ1v) is 9.57. The van der Waals surface area contributed by atoms with E-state index < -0.39 is 0 Å². The van der Waals surface area contributed by atoms with Gasteiger partial charge >= 0.3 is 0 Å². The van der Waals surface area contributed by atoms with Crippen LogP contribution >= 0.6 is 0 Å². The molecule has 2 heterocycles. The highest BCUT2D eigenvalue weighted by atomic mass is 16.5. The third-order valence-electron chi connectivity index (χ3n) is 5.56. The molecule has 2 fully saturated rings. The minimum absolute atomic E-state index is 0.487. The van der Waals surface area contributed by atoms with Gasteiger partial charge in [0.2, 0.25) is 0 Å². The van der Waals surface area contributed by atoms with E-state index in [9.17, 15) is 0 Å². The van der Waals surface area contributed by atoms with Crippen LogP contribution in [0.1, 0.15) is 25.0 Å². The number of hydrogen-bond donors (Lipinski definition) is 2. The summed E-state index contributed by atoms with van der Waals surface area (Å²) in [6, 6.07) is 11.1. The number of hydrogen-bond acceptors (Lipinski definition) is 5. The largest absolute Gasteiger partial charge is 0.497 e. The van der Waals surface area contributed by atoms with Crippen molar-refractivity contribution in [3.05, 3.63) is 42.2 Å². The molecule has 0 amide bonds. The summed E-state index contributed by atoms with van der Waals surface area (Å²) in [7, 11) is 1.68. The van der Waals surface area contributed by atoms with Gasteiger partial charge in [0.1, 0.15) is 5.75 Å². The number of benzene rings is 1. The van der Waals surface area contributed by atoms with Gasteiger partial charge < -0.3 is 20.1 Å². The van der Waals surface area contributed by atoms with Gasteiger partial charge in [-0.3, -0.25) is 0 Å². The SMILES string of the molecule is COc1ccc(-n2ccc(CNC3CCCC3C3COCCN3)n2)cc1. The molecule has 1 aliphatic carbocycles. The summed E-state index contributed by atoms with van der Waals surface area (Å²) in [6.07, 6.45) is 5.82. The average molecular weight is 356 g/mol. The van der Waals surface area contributed by atoms with Crippen molar-refractivity contribution >= 4 is 0 Å². The predicted molar refractivity (Wildman–Crippen MR) is 101 cm³/mol. The minimum Gasteiger partial charge on any atom is -0.497 e. The molecule has 0 radical (unpaired) electrons. The van der Waals surface area contributed by atoms with Crippen LogP contribution in [0.4, 0.5) is 0 Å². The van der Waals surface area contributed by atoms with Crippen molar-refractivity contribution in [1.82, 2.24) is 20.4 Å². The molecule has 6 heteroatoms. The number of aromatic nitrogens is 2. The molecule has 4 rings (SSSR count). The van der Waals surface area contributed by atoms with Crippen molar-refractivity contribution in [3.63, 3.8) is 0 Å². The highest BCUT2D eigenvalue weighted by Gasteiger charge is 2.34. The molecule has 140 valence electrons. The standard InChI is InChI=1S/C20H28N4O2/c1-25-17-7-5-16(6-8-17)24-11-9-15(23-24)13-22-19-4-2-3-18(19)20-14-26-12-10-21-20/h5-9,11,18-22H,2-4,10,12-14H2,1H3. The van der Waals surface area contributed by atoms with Crippen LogP contribution in [0.15, 0.2) is 36.5 Å². The Labute approximate surface area is 154 Å². The van der Waals surface area contributed by atoms with E-state index in [2.05, 4.69) is 16.7 Å². The van der Waals surface area contributed by atoms with E-state index in [0.717, 1.165) is 43.4 Å². The maximum atomic E-state index is 5.66. The number of morpholine rings is 1. The number of nitrogens with one attached hydrogen (secondary N) is 2. The number of nitrogens with zero attached hydrogens (tertiary/aromatic N) is 2. The Kier molecular flexibility index (Phi) is 5.53. The Balaban J connectivity index is 1.35. The van der Waals surface area contributed by atoms with Crippen molar-refractivity contribution in [2.75, 3.05) is 26.9 Å². The lowest BCUT2D eigenvalue weighted by Crippen LogP contribution is -2.50. The fourth-order valence-corrected chi connectivity index (χ4v) is 4.15. The summed E-state index contributed by atoms with van der Waals surface area (Å²) in [5, 5.41) is 12.1. The molecule has 2 aliphatic rings. The van der Waals surface area contributed by atoms with Gasteiger partial charge in [-0.05, 0) is 49.1 Å². The first kappa shape index (κ1) is 17.5. The van der Waals surface area contributed by atoms with E-state index in [1.54, 1.807) is 7.11 Å². The Bertz CT molecular complexity index is 694. The van der Waals surface area contributed by atoms with Crippen LogP contribution in [-0.2, 0) is 11.3 Å². The second-order valence-electron chi connectivity index (χ2n) is 7.17. The van der Waals surface area contributed by atoms with Crippen LogP contribution in [0.3, 0.4) is 0 Å². The summed E-state index contributed by atoms with van der Waals surface area (Å²) < 4.78 is 12.8. The number of rotatable bonds is 6. The molecule has 1 saturated heterocycles. The van der Waals surface area contributed by atoms with Crippen molar-refractivity contribution in [3.8, 4) is 11.4 Å². The molecule has 3 atom stereocenters. The van der Waals surface area contributed by atoms with Crippen LogP contribution in [0.5, 0.6) is 5.75 Å². The molecule has 0 spiro atoms. The molecule has 1 aromatic carbocycles. The molecule has 26 heavy (non-hydrogen) atoms. The van der Waals surface area contributed by atoms with Crippen molar-refractivity contribution in [2.24, 2.45) is 5.92 Å². The summed E-state index contributed by atoms with van der Waals surface area (Å²) >= 11 is 0. The zero-order chi connectivity index (χ0) is 17.8. The molecule has 2 aromatic rings. The van der Waals surface area contributed by atoms with Gasteiger partial charge in [-0.15, -0.1) is 0 Å². The Morgan fingerprint density at radius 2 is 2.15 bits per heavy atom. The molecule has 1 aliphatic heterocycles. The van der Waals surface area contributed by atoms with Crippen LogP contribution in [0.25, 0.3) is 5.69 Å². The van der Waals surface area contributed by atoms with Gasteiger partial charge in [-0.25, -0.2) is 4.68 Å². The zero-order valence-electron chi connectivity index (χ0n) is 15.4. The topological polar surface area (TPSA) is 60.3 Å². The van der Waals surface area contributed by atoms with Gasteiger partial charge in [0.15, 0.2) is 0 Å². The number of ether oxygens (including phenoxy) is 2. The van der Waals surface area contributed by atoms with Crippen LogP contribution in [-0.4, -0.2) is 48.7 Å². The molecule has 1 aromatic heterocycles. The Morgan fingerprint density at radius 1 is 1.27 bits per heavy atom. The first-order chi connectivity index (χ1) is 12.8. The van der Waals surface area contributed by atoms with Crippen LogP contribution in [0, 0.1) is 5.92 Å². The fourth-order valence-electron chi connectivity index (χ4n) is 4.15. The van der Waals surface area contributed by atoms with E-state index in [4.69, 9.17) is 14.6 Å². The van der Waals surface area contributed by atoms with Crippen molar-refractivity contribution in [1.29, 1.82) is 0 Å². The minimum atomic E-state index is 0.487. The van der Waals surface area contributed by atoms with E-state index >= 15 is 0 Å². The normalized spacial score (nSPS) is 26.1. The van der Waals surface area contributed by atoms with Gasteiger partial charge in [0, 0.05) is 31.4 Å². The fraction of sp³-hybridized carbons (Fsp3) is 0.550. The average Bonchev–Trinajstić information content (AvgIpc) is 3.36. The summed E-state index contributed by atoms with van der Waals surface area (Å²) in [4.78, 5) is 0. The molecule has 1 saturated carbocycles. The molecule has 0 bridgehead atoms. The highest BCUT2D eigenvalue weighted by Crippen LogP contribution is 2.29.